The SMILES string of the molecule is CCc1cc(F)c2nc(N3CCC(N[C@@H]4CCCOC4)CC3)c(-c3nc(C)no3)cc2c1. The molecule has 32 heavy (non-hydrogen) atoms. The van der Waals surface area contributed by atoms with E-state index in [-0.39, 0.29) is 5.82 Å². The van der Waals surface area contributed by atoms with Gasteiger partial charge in [0.1, 0.15) is 17.2 Å². The minimum atomic E-state index is -0.289. The van der Waals surface area contributed by atoms with E-state index >= 15 is 0 Å². The van der Waals surface area contributed by atoms with Crippen LogP contribution in [0.15, 0.2) is 22.7 Å². The van der Waals surface area contributed by atoms with Gasteiger partial charge in [-0.3, -0.25) is 0 Å². The van der Waals surface area contributed by atoms with Crippen molar-refractivity contribution in [2.24, 2.45) is 0 Å². The molecule has 7 nitrogen and oxygen atoms in total. The minimum Gasteiger partial charge on any atom is -0.380 e. The van der Waals surface area contributed by atoms with E-state index in [1.807, 2.05) is 19.1 Å². The molecule has 0 amide bonds. The number of benzene rings is 1. The maximum Gasteiger partial charge on any atom is 0.261 e. The zero-order valence-electron chi connectivity index (χ0n) is 18.7. The first-order valence-electron chi connectivity index (χ1n) is 11.6. The number of fused-ring (bicyclic) bond motifs is 1. The maximum absolute atomic E-state index is 14.9. The number of nitrogens with zero attached hydrogens (tertiary/aromatic N) is 4. The van der Waals surface area contributed by atoms with Crippen molar-refractivity contribution >= 4 is 16.7 Å². The van der Waals surface area contributed by atoms with Crippen molar-refractivity contribution in [1.29, 1.82) is 0 Å². The predicted molar refractivity (Wildman–Crippen MR) is 121 cm³/mol. The van der Waals surface area contributed by atoms with Gasteiger partial charge in [-0.25, -0.2) is 9.37 Å². The number of ether oxygens (including phenoxy) is 1. The van der Waals surface area contributed by atoms with Crippen LogP contribution in [0.2, 0.25) is 0 Å². The number of nitrogens with one attached hydrogen (secondary N) is 1. The lowest BCUT2D eigenvalue weighted by Gasteiger charge is -2.36. The zero-order chi connectivity index (χ0) is 22.1. The van der Waals surface area contributed by atoms with E-state index in [1.54, 1.807) is 13.0 Å². The van der Waals surface area contributed by atoms with E-state index in [2.05, 4.69) is 20.4 Å². The van der Waals surface area contributed by atoms with Crippen molar-refractivity contribution in [2.45, 2.75) is 58.0 Å². The summed E-state index contributed by atoms with van der Waals surface area (Å²) in [5.41, 5.74) is 2.09. The maximum atomic E-state index is 14.9. The third-order valence-electron chi connectivity index (χ3n) is 6.50. The Morgan fingerprint density at radius 2 is 1.97 bits per heavy atom. The Morgan fingerprint density at radius 3 is 2.66 bits per heavy atom. The van der Waals surface area contributed by atoms with Crippen molar-refractivity contribution in [2.75, 3.05) is 31.2 Å². The van der Waals surface area contributed by atoms with Gasteiger partial charge in [0.2, 0.25) is 0 Å². The number of halogens is 1. The van der Waals surface area contributed by atoms with Gasteiger partial charge in [-0.2, -0.15) is 4.98 Å². The summed E-state index contributed by atoms with van der Waals surface area (Å²) in [5, 5.41) is 8.47. The molecular weight excluding hydrogens is 409 g/mol. The summed E-state index contributed by atoms with van der Waals surface area (Å²) in [4.78, 5) is 11.4. The Bertz CT molecular complexity index is 1090. The average Bonchev–Trinajstić information content (AvgIpc) is 3.25. The summed E-state index contributed by atoms with van der Waals surface area (Å²) < 4.78 is 26.0. The Hall–Kier alpha value is -2.58. The van der Waals surface area contributed by atoms with Crippen molar-refractivity contribution in [3.63, 3.8) is 0 Å². The second-order valence-corrected chi connectivity index (χ2v) is 8.85. The van der Waals surface area contributed by atoms with Crippen molar-refractivity contribution in [3.05, 3.63) is 35.4 Å². The molecule has 4 heterocycles. The fourth-order valence-electron chi connectivity index (χ4n) is 4.77. The van der Waals surface area contributed by atoms with Crippen LogP contribution in [-0.4, -0.2) is 53.5 Å². The zero-order valence-corrected chi connectivity index (χ0v) is 18.7. The van der Waals surface area contributed by atoms with Gasteiger partial charge in [-0.1, -0.05) is 12.1 Å². The Labute approximate surface area is 187 Å². The molecule has 0 unspecified atom stereocenters. The first kappa shape index (κ1) is 21.3. The molecule has 5 rings (SSSR count). The van der Waals surface area contributed by atoms with Crippen LogP contribution >= 0.6 is 0 Å². The standard InChI is InChI=1S/C24H30FN5O2/c1-3-16-11-17-13-20(24-26-15(2)29-32-24)23(28-22(17)21(25)12-16)30-8-6-18(7-9-30)27-19-5-4-10-31-14-19/h11-13,18-19,27H,3-10,14H2,1-2H3/t19-/m1/s1. The highest BCUT2D eigenvalue weighted by Gasteiger charge is 2.27. The molecule has 2 aliphatic rings. The lowest BCUT2D eigenvalue weighted by molar-refractivity contribution is 0.0650. The molecule has 2 fully saturated rings. The molecule has 2 saturated heterocycles. The number of hydrogen-bond donors (Lipinski definition) is 1. The van der Waals surface area contributed by atoms with Crippen LogP contribution in [0, 0.1) is 12.7 Å². The summed E-state index contributed by atoms with van der Waals surface area (Å²) in [6.07, 6.45) is 5.05. The summed E-state index contributed by atoms with van der Waals surface area (Å²) >= 11 is 0. The quantitative estimate of drug-likeness (QED) is 0.643. The van der Waals surface area contributed by atoms with Crippen LogP contribution in [0.4, 0.5) is 10.2 Å². The number of aryl methyl sites for hydroxylation is 2. The molecule has 0 saturated carbocycles. The van der Waals surface area contributed by atoms with E-state index in [0.29, 0.717) is 35.1 Å². The highest BCUT2D eigenvalue weighted by molar-refractivity contribution is 5.88. The van der Waals surface area contributed by atoms with Crippen LogP contribution in [-0.2, 0) is 11.2 Å². The third-order valence-corrected chi connectivity index (χ3v) is 6.50. The topological polar surface area (TPSA) is 76.3 Å². The largest absolute Gasteiger partial charge is 0.380 e. The lowest BCUT2D eigenvalue weighted by Crippen LogP contribution is -2.48. The van der Waals surface area contributed by atoms with Gasteiger partial charge in [0.25, 0.3) is 5.89 Å². The van der Waals surface area contributed by atoms with Crippen LogP contribution in [0.1, 0.15) is 44.0 Å². The molecule has 0 spiro atoms. The minimum absolute atomic E-state index is 0.289. The molecule has 2 aromatic heterocycles. The summed E-state index contributed by atoms with van der Waals surface area (Å²) in [7, 11) is 0. The van der Waals surface area contributed by atoms with Gasteiger partial charge in [-0.15, -0.1) is 0 Å². The normalized spacial score (nSPS) is 20.2. The molecule has 170 valence electrons. The molecule has 1 atom stereocenters. The van der Waals surface area contributed by atoms with Crippen molar-refractivity contribution in [1.82, 2.24) is 20.4 Å². The Kier molecular flexibility index (Phi) is 6.06. The van der Waals surface area contributed by atoms with Crippen LogP contribution in [0.5, 0.6) is 0 Å². The molecule has 3 aromatic rings. The Balaban J connectivity index is 1.44. The number of hydrogen-bond acceptors (Lipinski definition) is 7. The molecule has 0 bridgehead atoms. The van der Waals surface area contributed by atoms with Gasteiger partial charge in [0.05, 0.1) is 12.2 Å². The van der Waals surface area contributed by atoms with Gasteiger partial charge < -0.3 is 19.5 Å². The molecule has 1 N–H and O–H groups in total. The molecule has 0 radical (unpaired) electrons. The smallest absolute Gasteiger partial charge is 0.261 e. The number of rotatable bonds is 5. The van der Waals surface area contributed by atoms with E-state index in [0.717, 1.165) is 68.5 Å². The number of pyridine rings is 1. The average molecular weight is 440 g/mol. The highest BCUT2D eigenvalue weighted by atomic mass is 19.1. The predicted octanol–water partition coefficient (Wildman–Crippen LogP) is 4.03. The van der Waals surface area contributed by atoms with Gasteiger partial charge in [-0.05, 0) is 62.8 Å². The summed E-state index contributed by atoms with van der Waals surface area (Å²) in [5.74, 6) is 1.41. The van der Waals surface area contributed by atoms with E-state index in [4.69, 9.17) is 14.2 Å². The van der Waals surface area contributed by atoms with E-state index in [9.17, 15) is 4.39 Å². The van der Waals surface area contributed by atoms with Crippen LogP contribution in [0.3, 0.4) is 0 Å². The Morgan fingerprint density at radius 1 is 1.12 bits per heavy atom. The monoisotopic (exact) mass is 439 g/mol. The number of aromatic nitrogens is 3. The van der Waals surface area contributed by atoms with Gasteiger partial charge in [0, 0.05) is 37.2 Å². The van der Waals surface area contributed by atoms with E-state index < -0.39 is 0 Å². The molecule has 0 aliphatic carbocycles. The lowest BCUT2D eigenvalue weighted by atomic mass is 10.0. The van der Waals surface area contributed by atoms with Gasteiger partial charge in [0.15, 0.2) is 5.82 Å². The molecule has 1 aromatic carbocycles. The fraction of sp³-hybridized carbons (Fsp3) is 0.542. The third kappa shape index (κ3) is 4.34. The molecule has 2 aliphatic heterocycles. The number of anilines is 1. The fourth-order valence-corrected chi connectivity index (χ4v) is 4.77. The van der Waals surface area contributed by atoms with Crippen molar-refractivity contribution in [3.8, 4) is 11.5 Å². The van der Waals surface area contributed by atoms with Crippen molar-refractivity contribution < 1.29 is 13.7 Å². The second-order valence-electron chi connectivity index (χ2n) is 8.85. The van der Waals surface area contributed by atoms with Gasteiger partial charge >= 0.3 is 0 Å². The first-order chi connectivity index (χ1) is 15.6. The second kappa shape index (κ2) is 9.11. The first-order valence-corrected chi connectivity index (χ1v) is 11.6. The van der Waals surface area contributed by atoms with Crippen LogP contribution in [0.25, 0.3) is 22.4 Å². The summed E-state index contributed by atoms with van der Waals surface area (Å²) in [6, 6.07) is 6.41. The highest BCUT2D eigenvalue weighted by Crippen LogP contribution is 2.34. The number of piperidine rings is 1. The summed E-state index contributed by atoms with van der Waals surface area (Å²) in [6.45, 7) is 7.14. The van der Waals surface area contributed by atoms with Crippen LogP contribution < -0.4 is 10.2 Å². The van der Waals surface area contributed by atoms with E-state index in [1.165, 1.54) is 6.42 Å². The molecular formula is C24H30FN5O2. The molecule has 8 heteroatoms.